The molecule has 0 aliphatic carbocycles. The predicted molar refractivity (Wildman–Crippen MR) is 46.0 cm³/mol. The Kier molecular flexibility index (Phi) is 3.25. The zero-order valence-corrected chi connectivity index (χ0v) is 7.56. The maximum Gasteiger partial charge on any atom is 0.457 e. The van der Waals surface area contributed by atoms with Gasteiger partial charge in [-0.3, -0.25) is 9.47 Å². The van der Waals surface area contributed by atoms with Crippen molar-refractivity contribution < 1.29 is 19.3 Å². The molecule has 1 aromatic rings. The van der Waals surface area contributed by atoms with Crippen LogP contribution in [-0.2, 0) is 9.47 Å². The smallest absolute Gasteiger partial charge is 0.417 e. The van der Waals surface area contributed by atoms with E-state index in [1.807, 2.05) is 6.07 Å². The van der Waals surface area contributed by atoms with Crippen molar-refractivity contribution in [3.05, 3.63) is 30.3 Å². The fourth-order valence-electron chi connectivity index (χ4n) is 0.804. The lowest BCUT2D eigenvalue weighted by molar-refractivity contribution is -0.439. The van der Waals surface area contributed by atoms with Crippen molar-refractivity contribution in [2.24, 2.45) is 0 Å². The van der Waals surface area contributed by atoms with Crippen LogP contribution >= 0.6 is 0 Å². The third-order valence-electron chi connectivity index (χ3n) is 1.51. The fraction of sp³-hybridized carbons (Fsp3) is 0.333. The zero-order valence-electron chi connectivity index (χ0n) is 7.56. The Bertz CT molecular complexity index is 243. The van der Waals surface area contributed by atoms with Crippen molar-refractivity contribution in [2.45, 2.75) is 6.16 Å². The van der Waals surface area contributed by atoms with Gasteiger partial charge >= 0.3 is 6.16 Å². The van der Waals surface area contributed by atoms with Gasteiger partial charge in [0, 0.05) is 14.2 Å². The van der Waals surface area contributed by atoms with E-state index in [2.05, 4.69) is 9.47 Å². The Morgan fingerprint density at radius 2 is 1.62 bits per heavy atom. The highest BCUT2D eigenvalue weighted by Crippen LogP contribution is 2.16. The lowest BCUT2D eigenvalue weighted by atomic mass is 10.3. The summed E-state index contributed by atoms with van der Waals surface area (Å²) in [7, 11) is 2.57. The van der Waals surface area contributed by atoms with E-state index >= 15 is 0 Å². The van der Waals surface area contributed by atoms with Crippen molar-refractivity contribution in [1.82, 2.24) is 0 Å². The topological polar surface area (TPSA) is 47.9 Å². The quantitative estimate of drug-likeness (QED) is 0.708. The summed E-state index contributed by atoms with van der Waals surface area (Å²) in [6.07, 6.45) is -2.01. The molecule has 0 aliphatic heterocycles. The summed E-state index contributed by atoms with van der Waals surface area (Å²) in [5.41, 5.74) is 0. The van der Waals surface area contributed by atoms with Gasteiger partial charge in [0.2, 0.25) is 0 Å². The SMILES string of the molecule is COC(O)(OC)Oc1ccccc1. The van der Waals surface area contributed by atoms with Gasteiger partial charge in [-0.05, 0) is 12.1 Å². The molecule has 0 fully saturated rings. The maximum absolute atomic E-state index is 9.42. The van der Waals surface area contributed by atoms with Crippen LogP contribution in [0.15, 0.2) is 30.3 Å². The zero-order chi connectivity index (χ0) is 9.73. The van der Waals surface area contributed by atoms with Crippen LogP contribution < -0.4 is 4.74 Å². The number of para-hydroxylation sites is 1. The second-order valence-corrected chi connectivity index (χ2v) is 2.35. The number of hydrogen-bond donors (Lipinski definition) is 1. The Morgan fingerprint density at radius 1 is 1.08 bits per heavy atom. The van der Waals surface area contributed by atoms with Crippen LogP contribution in [0.2, 0.25) is 0 Å². The molecule has 0 aliphatic rings. The van der Waals surface area contributed by atoms with Crippen molar-refractivity contribution in [2.75, 3.05) is 14.2 Å². The van der Waals surface area contributed by atoms with E-state index in [9.17, 15) is 5.11 Å². The largest absolute Gasteiger partial charge is 0.457 e. The van der Waals surface area contributed by atoms with Crippen LogP contribution in [0.25, 0.3) is 0 Å². The van der Waals surface area contributed by atoms with E-state index in [1.165, 1.54) is 14.2 Å². The lowest BCUT2D eigenvalue weighted by Gasteiger charge is -2.23. The van der Waals surface area contributed by atoms with Gasteiger partial charge in [0.25, 0.3) is 0 Å². The second-order valence-electron chi connectivity index (χ2n) is 2.35. The monoisotopic (exact) mass is 184 g/mol. The van der Waals surface area contributed by atoms with Crippen LogP contribution in [-0.4, -0.2) is 25.5 Å². The minimum Gasteiger partial charge on any atom is -0.417 e. The normalized spacial score (nSPS) is 11.3. The van der Waals surface area contributed by atoms with E-state index in [1.54, 1.807) is 24.3 Å². The maximum atomic E-state index is 9.42. The summed E-state index contributed by atoms with van der Waals surface area (Å²) in [6.45, 7) is 0. The molecule has 4 heteroatoms. The summed E-state index contributed by atoms with van der Waals surface area (Å²) >= 11 is 0. The first kappa shape index (κ1) is 9.98. The molecule has 0 bridgehead atoms. The van der Waals surface area contributed by atoms with E-state index in [-0.39, 0.29) is 0 Å². The fourth-order valence-corrected chi connectivity index (χ4v) is 0.804. The number of ether oxygens (including phenoxy) is 3. The molecule has 0 spiro atoms. The molecule has 0 aromatic heterocycles. The van der Waals surface area contributed by atoms with Crippen LogP contribution in [0.3, 0.4) is 0 Å². The molecule has 0 saturated carbocycles. The van der Waals surface area contributed by atoms with Crippen LogP contribution in [0, 0.1) is 0 Å². The van der Waals surface area contributed by atoms with Gasteiger partial charge < -0.3 is 9.84 Å². The molecule has 0 radical (unpaired) electrons. The standard InChI is InChI=1S/C9H12O4/c1-11-9(10,12-2)13-8-6-4-3-5-7-8/h3-7,10H,1-2H3. The summed E-state index contributed by atoms with van der Waals surface area (Å²) < 4.78 is 14.2. The Hall–Kier alpha value is -1.10. The van der Waals surface area contributed by atoms with Crippen molar-refractivity contribution in [3.8, 4) is 5.75 Å². The number of hydrogen-bond acceptors (Lipinski definition) is 4. The van der Waals surface area contributed by atoms with E-state index in [4.69, 9.17) is 4.74 Å². The summed E-state index contributed by atoms with van der Waals surface area (Å²) in [5, 5.41) is 9.42. The van der Waals surface area contributed by atoms with Crippen LogP contribution in [0.4, 0.5) is 0 Å². The first-order valence-electron chi connectivity index (χ1n) is 3.77. The Labute approximate surface area is 76.7 Å². The predicted octanol–water partition coefficient (Wildman–Crippen LogP) is 0.962. The van der Waals surface area contributed by atoms with Gasteiger partial charge in [0.1, 0.15) is 5.75 Å². The van der Waals surface area contributed by atoms with E-state index in [0.717, 1.165) is 0 Å². The molecule has 0 atom stereocenters. The Morgan fingerprint density at radius 3 is 2.08 bits per heavy atom. The molecule has 13 heavy (non-hydrogen) atoms. The van der Waals surface area contributed by atoms with Crippen LogP contribution in [0.1, 0.15) is 0 Å². The number of aliphatic hydroxyl groups is 1. The summed E-state index contributed by atoms with van der Waals surface area (Å²) in [4.78, 5) is 0. The molecular formula is C9H12O4. The van der Waals surface area contributed by atoms with Gasteiger partial charge in [-0.15, -0.1) is 0 Å². The summed E-state index contributed by atoms with van der Waals surface area (Å²) in [6, 6.07) is 8.76. The molecule has 4 nitrogen and oxygen atoms in total. The van der Waals surface area contributed by atoms with E-state index in [0.29, 0.717) is 5.75 Å². The van der Waals surface area contributed by atoms with Gasteiger partial charge in [-0.2, -0.15) is 0 Å². The van der Waals surface area contributed by atoms with Crippen molar-refractivity contribution in [1.29, 1.82) is 0 Å². The molecule has 0 heterocycles. The highest BCUT2D eigenvalue weighted by molar-refractivity contribution is 5.21. The molecule has 1 N–H and O–H groups in total. The van der Waals surface area contributed by atoms with Gasteiger partial charge in [-0.25, -0.2) is 0 Å². The first-order chi connectivity index (χ1) is 6.20. The third kappa shape index (κ3) is 2.69. The summed E-state index contributed by atoms with van der Waals surface area (Å²) in [5.74, 6) is 0.466. The third-order valence-corrected chi connectivity index (χ3v) is 1.51. The van der Waals surface area contributed by atoms with Gasteiger partial charge in [-0.1, -0.05) is 18.2 Å². The minimum absolute atomic E-state index is 0.466. The minimum atomic E-state index is -2.01. The highest BCUT2D eigenvalue weighted by atomic mass is 17.0. The average molecular weight is 184 g/mol. The number of methoxy groups -OCH3 is 2. The molecule has 0 amide bonds. The van der Waals surface area contributed by atoms with Gasteiger partial charge in [0.15, 0.2) is 0 Å². The van der Waals surface area contributed by atoms with Crippen molar-refractivity contribution >= 4 is 0 Å². The molecular weight excluding hydrogens is 172 g/mol. The van der Waals surface area contributed by atoms with E-state index < -0.39 is 6.16 Å². The molecule has 0 saturated heterocycles. The second kappa shape index (κ2) is 4.23. The Balaban J connectivity index is 2.68. The number of benzene rings is 1. The van der Waals surface area contributed by atoms with Crippen LogP contribution in [0.5, 0.6) is 5.75 Å². The lowest BCUT2D eigenvalue weighted by Crippen LogP contribution is -2.39. The first-order valence-corrected chi connectivity index (χ1v) is 3.77. The number of rotatable bonds is 4. The molecule has 72 valence electrons. The average Bonchev–Trinajstić information content (AvgIpc) is 2.19. The van der Waals surface area contributed by atoms with Gasteiger partial charge in [0.05, 0.1) is 0 Å². The highest BCUT2D eigenvalue weighted by Gasteiger charge is 2.28. The molecule has 1 rings (SSSR count). The molecule has 1 aromatic carbocycles. The van der Waals surface area contributed by atoms with Crippen molar-refractivity contribution in [3.63, 3.8) is 0 Å². The molecule has 0 unspecified atom stereocenters.